The van der Waals surface area contributed by atoms with Crippen molar-refractivity contribution < 1.29 is 13.9 Å². The molecule has 1 aromatic rings. The number of benzene rings is 1. The summed E-state index contributed by atoms with van der Waals surface area (Å²) in [4.78, 5) is 0. The molecule has 0 aromatic heterocycles. The summed E-state index contributed by atoms with van der Waals surface area (Å²) < 4.78 is 26.3. The average molecular weight is 229 g/mol. The SMILES string of the molecule is CC(C)C[C@H](O)[C@H](N)c1cccc(F)c1F. The summed E-state index contributed by atoms with van der Waals surface area (Å²) >= 11 is 0. The monoisotopic (exact) mass is 229 g/mol. The molecule has 16 heavy (non-hydrogen) atoms. The van der Waals surface area contributed by atoms with Crippen LogP contribution in [0.4, 0.5) is 8.78 Å². The van der Waals surface area contributed by atoms with E-state index in [0.29, 0.717) is 6.42 Å². The fraction of sp³-hybridized carbons (Fsp3) is 0.500. The Morgan fingerprint density at radius 3 is 2.50 bits per heavy atom. The van der Waals surface area contributed by atoms with Crippen LogP contribution in [0.25, 0.3) is 0 Å². The first-order valence-corrected chi connectivity index (χ1v) is 5.31. The first kappa shape index (κ1) is 13.1. The number of halogens is 2. The highest BCUT2D eigenvalue weighted by atomic mass is 19.2. The second-order valence-corrected chi connectivity index (χ2v) is 4.37. The fourth-order valence-corrected chi connectivity index (χ4v) is 1.61. The first-order chi connectivity index (χ1) is 7.43. The van der Waals surface area contributed by atoms with Crippen LogP contribution in [0.5, 0.6) is 0 Å². The lowest BCUT2D eigenvalue weighted by atomic mass is 9.95. The third-order valence-corrected chi connectivity index (χ3v) is 2.47. The van der Waals surface area contributed by atoms with Gasteiger partial charge in [0.25, 0.3) is 0 Å². The molecule has 2 atom stereocenters. The molecule has 0 heterocycles. The molecule has 0 bridgehead atoms. The number of nitrogens with two attached hydrogens (primary N) is 1. The van der Waals surface area contributed by atoms with Gasteiger partial charge in [0.15, 0.2) is 11.6 Å². The highest BCUT2D eigenvalue weighted by Crippen LogP contribution is 2.23. The molecule has 0 aliphatic carbocycles. The second-order valence-electron chi connectivity index (χ2n) is 4.37. The molecular weight excluding hydrogens is 212 g/mol. The Morgan fingerprint density at radius 1 is 1.31 bits per heavy atom. The van der Waals surface area contributed by atoms with E-state index in [9.17, 15) is 13.9 Å². The van der Waals surface area contributed by atoms with Crippen LogP contribution in [0, 0.1) is 17.6 Å². The normalized spacial score (nSPS) is 15.2. The Kier molecular flexibility index (Phi) is 4.38. The van der Waals surface area contributed by atoms with Crippen molar-refractivity contribution in [1.29, 1.82) is 0 Å². The van der Waals surface area contributed by atoms with Crippen LogP contribution in [0.1, 0.15) is 31.9 Å². The van der Waals surface area contributed by atoms with Crippen molar-refractivity contribution in [1.82, 2.24) is 0 Å². The number of hydrogen-bond donors (Lipinski definition) is 2. The molecule has 0 aliphatic rings. The van der Waals surface area contributed by atoms with Crippen molar-refractivity contribution >= 4 is 0 Å². The van der Waals surface area contributed by atoms with Gasteiger partial charge in [-0.15, -0.1) is 0 Å². The van der Waals surface area contributed by atoms with Crippen LogP contribution in [0.15, 0.2) is 18.2 Å². The fourth-order valence-electron chi connectivity index (χ4n) is 1.61. The van der Waals surface area contributed by atoms with Gasteiger partial charge >= 0.3 is 0 Å². The first-order valence-electron chi connectivity index (χ1n) is 5.31. The average Bonchev–Trinajstić information content (AvgIpc) is 2.20. The Labute approximate surface area is 94.1 Å². The molecule has 0 amide bonds. The maximum absolute atomic E-state index is 13.4. The van der Waals surface area contributed by atoms with Gasteiger partial charge in [0.1, 0.15) is 0 Å². The van der Waals surface area contributed by atoms with Crippen molar-refractivity contribution in [3.63, 3.8) is 0 Å². The van der Waals surface area contributed by atoms with E-state index in [4.69, 9.17) is 5.73 Å². The van der Waals surface area contributed by atoms with Crippen molar-refractivity contribution in [2.75, 3.05) is 0 Å². The zero-order valence-electron chi connectivity index (χ0n) is 9.45. The number of aliphatic hydroxyl groups excluding tert-OH is 1. The van der Waals surface area contributed by atoms with Crippen molar-refractivity contribution in [2.45, 2.75) is 32.4 Å². The zero-order valence-corrected chi connectivity index (χ0v) is 9.45. The van der Waals surface area contributed by atoms with Gasteiger partial charge in [-0.2, -0.15) is 0 Å². The number of aliphatic hydroxyl groups is 1. The van der Waals surface area contributed by atoms with Crippen molar-refractivity contribution in [2.24, 2.45) is 11.7 Å². The van der Waals surface area contributed by atoms with Crippen LogP contribution in [-0.4, -0.2) is 11.2 Å². The van der Waals surface area contributed by atoms with E-state index in [2.05, 4.69) is 0 Å². The number of hydrogen-bond acceptors (Lipinski definition) is 2. The summed E-state index contributed by atoms with van der Waals surface area (Å²) in [5, 5.41) is 9.74. The third kappa shape index (κ3) is 3.00. The molecule has 1 aromatic carbocycles. The summed E-state index contributed by atoms with van der Waals surface area (Å²) in [6.45, 7) is 3.86. The van der Waals surface area contributed by atoms with Gasteiger partial charge in [0, 0.05) is 5.56 Å². The van der Waals surface area contributed by atoms with E-state index in [1.54, 1.807) is 0 Å². The Balaban J connectivity index is 2.87. The van der Waals surface area contributed by atoms with E-state index < -0.39 is 23.8 Å². The molecule has 4 heteroatoms. The maximum Gasteiger partial charge on any atom is 0.163 e. The molecule has 0 unspecified atom stereocenters. The van der Waals surface area contributed by atoms with E-state index in [0.717, 1.165) is 6.07 Å². The minimum absolute atomic E-state index is 0.0214. The lowest BCUT2D eigenvalue weighted by molar-refractivity contribution is 0.119. The summed E-state index contributed by atoms with van der Waals surface area (Å²) in [5.41, 5.74) is 5.72. The van der Waals surface area contributed by atoms with Crippen molar-refractivity contribution in [3.8, 4) is 0 Å². The van der Waals surface area contributed by atoms with Gasteiger partial charge in [0.05, 0.1) is 12.1 Å². The predicted molar refractivity (Wildman–Crippen MR) is 58.7 cm³/mol. The molecule has 2 nitrogen and oxygen atoms in total. The van der Waals surface area contributed by atoms with Gasteiger partial charge in [-0.3, -0.25) is 0 Å². The summed E-state index contributed by atoms with van der Waals surface area (Å²) in [6, 6.07) is 2.92. The van der Waals surface area contributed by atoms with E-state index in [1.165, 1.54) is 12.1 Å². The molecule has 0 radical (unpaired) electrons. The molecule has 90 valence electrons. The molecule has 0 spiro atoms. The van der Waals surface area contributed by atoms with Gasteiger partial charge in [-0.25, -0.2) is 8.78 Å². The minimum Gasteiger partial charge on any atom is -0.391 e. The Morgan fingerprint density at radius 2 is 1.94 bits per heavy atom. The van der Waals surface area contributed by atoms with Crippen molar-refractivity contribution in [3.05, 3.63) is 35.4 Å². The standard InChI is InChI=1S/C12H17F2NO/c1-7(2)6-10(16)12(15)8-4-3-5-9(13)11(8)14/h3-5,7,10,12,16H,6,15H2,1-2H3/t10-,12+/m0/s1. The number of rotatable bonds is 4. The lowest BCUT2D eigenvalue weighted by Crippen LogP contribution is -2.28. The third-order valence-electron chi connectivity index (χ3n) is 2.47. The minimum atomic E-state index is -0.974. The second kappa shape index (κ2) is 5.37. The quantitative estimate of drug-likeness (QED) is 0.832. The topological polar surface area (TPSA) is 46.2 Å². The van der Waals surface area contributed by atoms with E-state index in [-0.39, 0.29) is 11.5 Å². The van der Waals surface area contributed by atoms with Crippen LogP contribution in [0.2, 0.25) is 0 Å². The zero-order chi connectivity index (χ0) is 12.3. The van der Waals surface area contributed by atoms with Crippen LogP contribution >= 0.6 is 0 Å². The lowest BCUT2D eigenvalue weighted by Gasteiger charge is -2.21. The highest BCUT2D eigenvalue weighted by molar-refractivity contribution is 5.23. The van der Waals surface area contributed by atoms with E-state index in [1.807, 2.05) is 13.8 Å². The van der Waals surface area contributed by atoms with Gasteiger partial charge in [0.2, 0.25) is 0 Å². The predicted octanol–water partition coefficient (Wildman–Crippen LogP) is 2.37. The Hall–Kier alpha value is -1.00. The van der Waals surface area contributed by atoms with Gasteiger partial charge in [-0.05, 0) is 18.4 Å². The molecule has 3 N–H and O–H groups in total. The molecule has 0 saturated carbocycles. The molecule has 0 saturated heterocycles. The molecule has 0 fully saturated rings. The molecule has 1 rings (SSSR count). The van der Waals surface area contributed by atoms with Crippen LogP contribution < -0.4 is 5.73 Å². The van der Waals surface area contributed by atoms with Gasteiger partial charge < -0.3 is 10.8 Å². The summed E-state index contributed by atoms with van der Waals surface area (Å²) in [6.07, 6.45) is -0.409. The van der Waals surface area contributed by atoms with E-state index >= 15 is 0 Å². The summed E-state index contributed by atoms with van der Waals surface area (Å²) in [5.74, 6) is -1.67. The highest BCUT2D eigenvalue weighted by Gasteiger charge is 2.22. The van der Waals surface area contributed by atoms with Crippen LogP contribution in [-0.2, 0) is 0 Å². The smallest absolute Gasteiger partial charge is 0.163 e. The largest absolute Gasteiger partial charge is 0.391 e. The van der Waals surface area contributed by atoms with Gasteiger partial charge in [-0.1, -0.05) is 26.0 Å². The maximum atomic E-state index is 13.4. The molecule has 0 aliphatic heterocycles. The Bertz CT molecular complexity index is 355. The molecular formula is C12H17F2NO. The van der Waals surface area contributed by atoms with Crippen LogP contribution in [0.3, 0.4) is 0 Å². The summed E-state index contributed by atoms with van der Waals surface area (Å²) in [7, 11) is 0.